The Morgan fingerprint density at radius 1 is 1.75 bits per heavy atom. The summed E-state index contributed by atoms with van der Waals surface area (Å²) in [7, 11) is 2.40. The second kappa shape index (κ2) is 2.77. The molecule has 1 aliphatic rings. The van der Waals surface area contributed by atoms with Crippen LogP contribution in [0.3, 0.4) is 0 Å². The molecule has 2 N–H and O–H groups in total. The molecule has 3 heteroatoms. The molecular weight excluding hydrogens is 121 g/mol. The van der Waals surface area contributed by atoms with E-state index in [1.165, 1.54) is 6.42 Å². The van der Waals surface area contributed by atoms with Crippen LogP contribution >= 0.6 is 9.24 Å². The van der Waals surface area contributed by atoms with Gasteiger partial charge in [-0.25, -0.2) is 0 Å². The van der Waals surface area contributed by atoms with Crippen LogP contribution in [0.5, 0.6) is 0 Å². The summed E-state index contributed by atoms with van der Waals surface area (Å²) in [5, 5.41) is 12.1. The Labute approximate surface area is 51.9 Å². The Morgan fingerprint density at radius 2 is 2.50 bits per heavy atom. The molecule has 1 aliphatic heterocycles. The standard InChI is InChI=1S/C5H12NOP/c7-5(8)4-2-1-3-6-4/h4-7H,1-3,8H2/t4?,5-/m0/s1. The molecule has 1 rings (SSSR count). The summed E-state index contributed by atoms with van der Waals surface area (Å²) in [4.78, 5) is 0. The van der Waals surface area contributed by atoms with Crippen LogP contribution in [0.15, 0.2) is 0 Å². The van der Waals surface area contributed by atoms with Crippen LogP contribution in [-0.2, 0) is 0 Å². The largest absolute Gasteiger partial charge is 0.388 e. The Hall–Kier alpha value is 0.350. The SMILES string of the molecule is O[C@@H](P)C1CCCN1. The van der Waals surface area contributed by atoms with Crippen molar-refractivity contribution in [3.05, 3.63) is 0 Å². The number of aliphatic hydroxyl groups is 1. The molecule has 1 saturated heterocycles. The van der Waals surface area contributed by atoms with Gasteiger partial charge in [0.25, 0.3) is 0 Å². The van der Waals surface area contributed by atoms with Crippen molar-refractivity contribution in [1.29, 1.82) is 0 Å². The molecule has 0 aromatic rings. The lowest BCUT2D eigenvalue weighted by Crippen LogP contribution is -2.30. The summed E-state index contributed by atoms with van der Waals surface area (Å²) in [5.41, 5.74) is 0. The molecule has 0 saturated carbocycles. The van der Waals surface area contributed by atoms with Gasteiger partial charge in [0.2, 0.25) is 0 Å². The molecule has 0 radical (unpaired) electrons. The first-order valence-electron chi connectivity index (χ1n) is 2.98. The predicted octanol–water partition coefficient (Wildman–Crippen LogP) is -0.0681. The molecule has 0 aromatic heterocycles. The summed E-state index contributed by atoms with van der Waals surface area (Å²) in [6.07, 6.45) is 2.32. The minimum absolute atomic E-state index is 0.252. The van der Waals surface area contributed by atoms with Gasteiger partial charge < -0.3 is 10.4 Å². The predicted molar refractivity (Wildman–Crippen MR) is 36.7 cm³/mol. The highest BCUT2D eigenvalue weighted by atomic mass is 31.0. The average molecular weight is 133 g/mol. The molecule has 0 aliphatic carbocycles. The molecule has 0 spiro atoms. The normalized spacial score (nSPS) is 33.0. The smallest absolute Gasteiger partial charge is 0.0825 e. The van der Waals surface area contributed by atoms with Crippen LogP contribution in [0, 0.1) is 0 Å². The van der Waals surface area contributed by atoms with Gasteiger partial charge in [-0.1, -0.05) is 0 Å². The van der Waals surface area contributed by atoms with Crippen molar-refractivity contribution in [3.63, 3.8) is 0 Å². The van der Waals surface area contributed by atoms with E-state index in [1.54, 1.807) is 0 Å². The number of hydrogen-bond acceptors (Lipinski definition) is 2. The van der Waals surface area contributed by atoms with Crippen LogP contribution in [0.1, 0.15) is 12.8 Å². The first kappa shape index (κ1) is 6.47. The zero-order valence-electron chi connectivity index (χ0n) is 4.80. The third kappa shape index (κ3) is 1.41. The zero-order chi connectivity index (χ0) is 5.98. The first-order valence-corrected chi connectivity index (χ1v) is 3.64. The molecule has 0 aromatic carbocycles. The van der Waals surface area contributed by atoms with Crippen LogP contribution in [0.2, 0.25) is 0 Å². The highest BCUT2D eigenvalue weighted by Crippen LogP contribution is 2.12. The Morgan fingerprint density at radius 3 is 2.75 bits per heavy atom. The summed E-state index contributed by atoms with van der Waals surface area (Å²) < 4.78 is 0. The Balaban J connectivity index is 2.24. The fraction of sp³-hybridized carbons (Fsp3) is 1.00. The Kier molecular flexibility index (Phi) is 2.24. The topological polar surface area (TPSA) is 32.3 Å². The van der Waals surface area contributed by atoms with Crippen molar-refractivity contribution >= 4 is 9.24 Å². The molecule has 48 valence electrons. The van der Waals surface area contributed by atoms with E-state index in [0.717, 1.165) is 13.0 Å². The first-order chi connectivity index (χ1) is 3.80. The third-order valence-electron chi connectivity index (χ3n) is 1.51. The lowest BCUT2D eigenvalue weighted by molar-refractivity contribution is 0.219. The summed E-state index contributed by atoms with van der Waals surface area (Å²) in [5.74, 6) is -0.252. The maximum Gasteiger partial charge on any atom is 0.0825 e. The highest BCUT2D eigenvalue weighted by molar-refractivity contribution is 7.17. The van der Waals surface area contributed by atoms with E-state index in [1.807, 2.05) is 0 Å². The van der Waals surface area contributed by atoms with Crippen molar-refractivity contribution in [2.24, 2.45) is 0 Å². The van der Waals surface area contributed by atoms with E-state index in [-0.39, 0.29) is 5.85 Å². The van der Waals surface area contributed by atoms with Gasteiger partial charge in [0, 0.05) is 6.04 Å². The van der Waals surface area contributed by atoms with Crippen molar-refractivity contribution in [1.82, 2.24) is 5.32 Å². The average Bonchev–Trinajstić information content (AvgIpc) is 2.12. The van der Waals surface area contributed by atoms with Crippen LogP contribution in [0.25, 0.3) is 0 Å². The number of rotatable bonds is 1. The molecule has 1 fully saturated rings. The summed E-state index contributed by atoms with van der Waals surface area (Å²) in [6, 6.07) is 0.333. The Bertz CT molecular complexity index is 70.8. The van der Waals surface area contributed by atoms with Gasteiger partial charge in [-0.15, -0.1) is 9.24 Å². The number of hydrogen-bond donors (Lipinski definition) is 2. The lowest BCUT2D eigenvalue weighted by Gasteiger charge is -2.11. The molecule has 0 amide bonds. The molecular formula is C5H12NOP. The van der Waals surface area contributed by atoms with Gasteiger partial charge in [-0.05, 0) is 19.4 Å². The maximum absolute atomic E-state index is 8.95. The van der Waals surface area contributed by atoms with Crippen molar-refractivity contribution in [3.8, 4) is 0 Å². The molecule has 8 heavy (non-hydrogen) atoms. The van der Waals surface area contributed by atoms with E-state index in [0.29, 0.717) is 6.04 Å². The second-order valence-electron chi connectivity index (χ2n) is 2.19. The van der Waals surface area contributed by atoms with Gasteiger partial charge in [0.15, 0.2) is 0 Å². The van der Waals surface area contributed by atoms with Gasteiger partial charge in [0.1, 0.15) is 0 Å². The quantitative estimate of drug-likeness (QED) is 0.491. The van der Waals surface area contributed by atoms with E-state index >= 15 is 0 Å². The van der Waals surface area contributed by atoms with E-state index < -0.39 is 0 Å². The van der Waals surface area contributed by atoms with Crippen molar-refractivity contribution < 1.29 is 5.11 Å². The van der Waals surface area contributed by atoms with Crippen molar-refractivity contribution in [2.45, 2.75) is 24.7 Å². The monoisotopic (exact) mass is 133 g/mol. The van der Waals surface area contributed by atoms with E-state index in [9.17, 15) is 0 Å². The number of aliphatic hydroxyl groups excluding tert-OH is 1. The molecule has 3 atom stereocenters. The van der Waals surface area contributed by atoms with Gasteiger partial charge in [-0.3, -0.25) is 0 Å². The third-order valence-corrected chi connectivity index (χ3v) is 1.98. The molecule has 2 nitrogen and oxygen atoms in total. The minimum Gasteiger partial charge on any atom is -0.388 e. The van der Waals surface area contributed by atoms with E-state index in [2.05, 4.69) is 14.6 Å². The van der Waals surface area contributed by atoms with Crippen LogP contribution in [0.4, 0.5) is 0 Å². The van der Waals surface area contributed by atoms with Crippen molar-refractivity contribution in [2.75, 3.05) is 6.54 Å². The maximum atomic E-state index is 8.95. The van der Waals surface area contributed by atoms with Crippen LogP contribution in [-0.4, -0.2) is 23.5 Å². The minimum atomic E-state index is -0.252. The zero-order valence-corrected chi connectivity index (χ0v) is 5.96. The van der Waals surface area contributed by atoms with E-state index in [4.69, 9.17) is 5.11 Å². The number of nitrogens with one attached hydrogen (secondary N) is 1. The summed E-state index contributed by atoms with van der Waals surface area (Å²) >= 11 is 0. The molecule has 1 heterocycles. The van der Waals surface area contributed by atoms with Gasteiger partial charge in [-0.2, -0.15) is 0 Å². The van der Waals surface area contributed by atoms with Crippen LogP contribution < -0.4 is 5.32 Å². The highest BCUT2D eigenvalue weighted by Gasteiger charge is 2.17. The molecule has 0 bridgehead atoms. The lowest BCUT2D eigenvalue weighted by atomic mass is 10.2. The second-order valence-corrected chi connectivity index (χ2v) is 2.88. The summed E-state index contributed by atoms with van der Waals surface area (Å²) in [6.45, 7) is 1.07. The molecule has 2 unspecified atom stereocenters. The fourth-order valence-electron chi connectivity index (χ4n) is 1.00. The fourth-order valence-corrected chi connectivity index (χ4v) is 1.33. The van der Waals surface area contributed by atoms with Gasteiger partial charge in [0.05, 0.1) is 5.85 Å². The van der Waals surface area contributed by atoms with Gasteiger partial charge >= 0.3 is 0 Å².